The van der Waals surface area contributed by atoms with Crippen LogP contribution < -0.4 is 4.74 Å². The molecule has 0 spiro atoms. The Balaban J connectivity index is 1.58. The molecule has 0 N–H and O–H groups in total. The Kier molecular flexibility index (Phi) is 5.09. The summed E-state index contributed by atoms with van der Waals surface area (Å²) in [6.07, 6.45) is 0.884. The Hall–Kier alpha value is -1.94. The van der Waals surface area contributed by atoms with Crippen molar-refractivity contribution in [2.45, 2.75) is 44.0 Å². The van der Waals surface area contributed by atoms with E-state index in [1.807, 2.05) is 29.2 Å². The second kappa shape index (κ2) is 7.12. The van der Waals surface area contributed by atoms with Crippen LogP contribution >= 0.6 is 12.6 Å². The lowest BCUT2D eigenvalue weighted by atomic mass is 9.87. The molecule has 0 atom stereocenters. The summed E-state index contributed by atoms with van der Waals surface area (Å²) in [5, 5.41) is 0. The summed E-state index contributed by atoms with van der Waals surface area (Å²) in [5.41, 5.74) is 3.85. The highest BCUT2D eigenvalue weighted by molar-refractivity contribution is 7.80. The van der Waals surface area contributed by atoms with Gasteiger partial charge in [-0.2, -0.15) is 0 Å². The molecule has 1 aliphatic rings. The molecule has 1 amide bonds. The highest BCUT2D eigenvalue weighted by Gasteiger charge is 2.21. The molecule has 4 heteroatoms. The smallest absolute Gasteiger partial charge is 0.260 e. The van der Waals surface area contributed by atoms with E-state index >= 15 is 0 Å². The van der Waals surface area contributed by atoms with Crippen molar-refractivity contribution in [3.63, 3.8) is 0 Å². The number of rotatable bonds is 3. The highest BCUT2D eigenvalue weighted by atomic mass is 32.1. The van der Waals surface area contributed by atoms with Crippen LogP contribution in [0.4, 0.5) is 0 Å². The number of ether oxygens (including phenoxy) is 1. The SMILES string of the molecule is CC(C)(C)c1ccc(OCC(=O)N2CCc3ccc(S)cc3C2)cc1. The number of hydrogen-bond donors (Lipinski definition) is 1. The van der Waals surface area contributed by atoms with Gasteiger partial charge < -0.3 is 9.64 Å². The molecular formula is C21H25NO2S. The molecule has 132 valence electrons. The molecule has 2 aromatic carbocycles. The molecule has 0 aromatic heterocycles. The zero-order valence-corrected chi connectivity index (χ0v) is 16.0. The van der Waals surface area contributed by atoms with E-state index in [9.17, 15) is 4.79 Å². The summed E-state index contributed by atoms with van der Waals surface area (Å²) in [6, 6.07) is 14.1. The molecule has 0 saturated carbocycles. The molecule has 0 saturated heterocycles. The minimum absolute atomic E-state index is 0.0233. The van der Waals surface area contributed by atoms with Crippen LogP contribution in [0.1, 0.15) is 37.5 Å². The van der Waals surface area contributed by atoms with Crippen molar-refractivity contribution in [1.29, 1.82) is 0 Å². The van der Waals surface area contributed by atoms with E-state index in [2.05, 4.69) is 51.6 Å². The summed E-state index contributed by atoms with van der Waals surface area (Å²) in [4.78, 5) is 15.3. The van der Waals surface area contributed by atoms with E-state index in [-0.39, 0.29) is 17.9 Å². The van der Waals surface area contributed by atoms with Gasteiger partial charge in [0.25, 0.3) is 5.91 Å². The van der Waals surface area contributed by atoms with Crippen LogP contribution in [0.5, 0.6) is 5.75 Å². The number of fused-ring (bicyclic) bond motifs is 1. The van der Waals surface area contributed by atoms with Crippen molar-refractivity contribution in [1.82, 2.24) is 4.90 Å². The molecule has 0 aliphatic carbocycles. The predicted molar refractivity (Wildman–Crippen MR) is 103 cm³/mol. The van der Waals surface area contributed by atoms with Gasteiger partial charge in [-0.25, -0.2) is 0 Å². The van der Waals surface area contributed by atoms with Gasteiger partial charge >= 0.3 is 0 Å². The van der Waals surface area contributed by atoms with E-state index in [1.165, 1.54) is 16.7 Å². The lowest BCUT2D eigenvalue weighted by molar-refractivity contribution is -0.134. The van der Waals surface area contributed by atoms with E-state index in [0.717, 1.165) is 23.6 Å². The van der Waals surface area contributed by atoms with Crippen LogP contribution in [0.25, 0.3) is 0 Å². The van der Waals surface area contributed by atoms with Gasteiger partial charge in [-0.15, -0.1) is 12.6 Å². The highest BCUT2D eigenvalue weighted by Crippen LogP contribution is 2.25. The number of carbonyl (C=O) groups excluding carboxylic acids is 1. The average Bonchev–Trinajstić information content (AvgIpc) is 2.58. The van der Waals surface area contributed by atoms with Crippen LogP contribution in [0.3, 0.4) is 0 Å². The summed E-state index contributed by atoms with van der Waals surface area (Å²) in [6.45, 7) is 7.98. The van der Waals surface area contributed by atoms with Gasteiger partial charge in [0.15, 0.2) is 6.61 Å². The predicted octanol–water partition coefficient (Wildman–Crippen LogP) is 4.24. The number of benzene rings is 2. The molecule has 0 radical (unpaired) electrons. The minimum atomic E-state index is 0.0233. The largest absolute Gasteiger partial charge is 0.484 e. The Morgan fingerprint density at radius 3 is 2.52 bits per heavy atom. The Labute approximate surface area is 155 Å². The number of nitrogens with zero attached hydrogens (tertiary/aromatic N) is 1. The first-order valence-corrected chi connectivity index (χ1v) is 9.09. The van der Waals surface area contributed by atoms with E-state index < -0.39 is 0 Å². The first-order valence-electron chi connectivity index (χ1n) is 8.65. The first-order chi connectivity index (χ1) is 11.8. The van der Waals surface area contributed by atoms with Gasteiger partial charge in [0, 0.05) is 18.0 Å². The fourth-order valence-electron chi connectivity index (χ4n) is 3.04. The van der Waals surface area contributed by atoms with Gasteiger partial charge in [-0.1, -0.05) is 39.0 Å². The van der Waals surface area contributed by atoms with Crippen molar-refractivity contribution in [2.24, 2.45) is 0 Å². The van der Waals surface area contributed by atoms with E-state index in [4.69, 9.17) is 4.74 Å². The molecule has 0 unspecified atom stereocenters. The minimum Gasteiger partial charge on any atom is -0.484 e. The monoisotopic (exact) mass is 355 g/mol. The number of hydrogen-bond acceptors (Lipinski definition) is 3. The second-order valence-corrected chi connectivity index (χ2v) is 8.10. The lowest BCUT2D eigenvalue weighted by Crippen LogP contribution is -2.38. The Bertz CT molecular complexity index is 762. The van der Waals surface area contributed by atoms with Gasteiger partial charge in [0.1, 0.15) is 5.75 Å². The fraction of sp³-hybridized carbons (Fsp3) is 0.381. The zero-order chi connectivity index (χ0) is 18.0. The molecule has 0 bridgehead atoms. The summed E-state index contributed by atoms with van der Waals surface area (Å²) in [5.74, 6) is 0.756. The molecule has 2 aromatic rings. The zero-order valence-electron chi connectivity index (χ0n) is 15.1. The lowest BCUT2D eigenvalue weighted by Gasteiger charge is -2.29. The van der Waals surface area contributed by atoms with E-state index in [0.29, 0.717) is 6.54 Å². The Morgan fingerprint density at radius 2 is 1.84 bits per heavy atom. The molecule has 1 heterocycles. The molecule has 3 nitrogen and oxygen atoms in total. The molecule has 1 aliphatic heterocycles. The summed E-state index contributed by atoms with van der Waals surface area (Å²) < 4.78 is 5.69. The van der Waals surface area contributed by atoms with Gasteiger partial charge in [0.2, 0.25) is 0 Å². The first kappa shape index (κ1) is 17.9. The third-order valence-electron chi connectivity index (χ3n) is 4.64. The third-order valence-corrected chi connectivity index (χ3v) is 4.92. The maximum atomic E-state index is 12.5. The van der Waals surface area contributed by atoms with Crippen LogP contribution in [0.15, 0.2) is 47.4 Å². The summed E-state index contributed by atoms with van der Waals surface area (Å²) >= 11 is 4.39. The van der Waals surface area contributed by atoms with Crippen molar-refractivity contribution in [3.05, 3.63) is 59.2 Å². The average molecular weight is 356 g/mol. The molecule has 0 fully saturated rings. The van der Waals surface area contributed by atoms with Crippen molar-refractivity contribution >= 4 is 18.5 Å². The molecule has 3 rings (SSSR count). The molecule has 25 heavy (non-hydrogen) atoms. The maximum absolute atomic E-state index is 12.5. The second-order valence-electron chi connectivity index (χ2n) is 7.58. The maximum Gasteiger partial charge on any atom is 0.260 e. The topological polar surface area (TPSA) is 29.5 Å². The third kappa shape index (κ3) is 4.37. The van der Waals surface area contributed by atoms with Gasteiger partial charge in [-0.3, -0.25) is 4.79 Å². The van der Waals surface area contributed by atoms with Crippen molar-refractivity contribution in [2.75, 3.05) is 13.2 Å². The standard InChI is InChI=1S/C21H25NO2S/c1-21(2,3)17-5-7-18(8-6-17)24-14-20(23)22-11-10-15-4-9-19(25)12-16(15)13-22/h4-9,12,25H,10-11,13-14H2,1-3H3. The van der Waals surface area contributed by atoms with Crippen LogP contribution in [-0.4, -0.2) is 24.0 Å². The number of carbonyl (C=O) groups is 1. The van der Waals surface area contributed by atoms with Gasteiger partial charge in [-0.05, 0) is 52.8 Å². The van der Waals surface area contributed by atoms with Crippen molar-refractivity contribution < 1.29 is 9.53 Å². The van der Waals surface area contributed by atoms with Crippen LogP contribution in [0.2, 0.25) is 0 Å². The van der Waals surface area contributed by atoms with Crippen molar-refractivity contribution in [3.8, 4) is 5.75 Å². The van der Waals surface area contributed by atoms with Gasteiger partial charge in [0.05, 0.1) is 0 Å². The summed E-state index contributed by atoms with van der Waals surface area (Å²) in [7, 11) is 0. The number of amides is 1. The Morgan fingerprint density at radius 1 is 1.12 bits per heavy atom. The normalized spacial score (nSPS) is 14.2. The quantitative estimate of drug-likeness (QED) is 0.835. The fourth-order valence-corrected chi connectivity index (χ4v) is 3.27. The number of thiol groups is 1. The van der Waals surface area contributed by atoms with Crippen LogP contribution in [-0.2, 0) is 23.2 Å². The van der Waals surface area contributed by atoms with Crippen LogP contribution in [0, 0.1) is 0 Å². The molecular weight excluding hydrogens is 330 g/mol. The van der Waals surface area contributed by atoms with E-state index in [1.54, 1.807) is 0 Å².